The molecule has 1 aromatic heterocycles. The molecule has 2 aliphatic rings. The largest absolute Gasteiger partial charge is 0.342 e. The summed E-state index contributed by atoms with van der Waals surface area (Å²) in [6, 6.07) is 2.80. The Morgan fingerprint density at radius 3 is 2.74 bits per heavy atom. The van der Waals surface area contributed by atoms with E-state index < -0.39 is 6.04 Å². The molecule has 2 unspecified atom stereocenters. The second kappa shape index (κ2) is 4.33. The Hall–Kier alpha value is -1.91. The Balaban J connectivity index is 1.99. The number of carbonyl (C=O) groups excluding carboxylic acids is 2. The third kappa shape index (κ3) is 1.99. The predicted molar refractivity (Wildman–Crippen MR) is 70.6 cm³/mol. The smallest absolute Gasteiger partial charge is 0.250 e. The lowest BCUT2D eigenvalue weighted by Crippen LogP contribution is -2.63. The van der Waals surface area contributed by atoms with Gasteiger partial charge in [-0.15, -0.1) is 0 Å². The average molecular weight is 259 g/mol. The van der Waals surface area contributed by atoms with E-state index in [-0.39, 0.29) is 17.9 Å². The molecule has 1 N–H and O–H groups in total. The number of aromatic nitrogens is 1. The summed E-state index contributed by atoms with van der Waals surface area (Å²) in [6.07, 6.45) is 3.73. The zero-order chi connectivity index (χ0) is 13.6. The first-order chi connectivity index (χ1) is 9.09. The highest BCUT2D eigenvalue weighted by atomic mass is 16.2. The van der Waals surface area contributed by atoms with Gasteiger partial charge in [0.2, 0.25) is 5.91 Å². The van der Waals surface area contributed by atoms with E-state index in [4.69, 9.17) is 0 Å². The summed E-state index contributed by atoms with van der Waals surface area (Å²) in [5.41, 5.74) is 1.51. The van der Waals surface area contributed by atoms with Crippen molar-refractivity contribution in [2.45, 2.75) is 38.8 Å². The van der Waals surface area contributed by atoms with E-state index in [1.165, 1.54) is 0 Å². The van der Waals surface area contributed by atoms with Crippen LogP contribution in [0.3, 0.4) is 0 Å². The van der Waals surface area contributed by atoms with Gasteiger partial charge in [0.05, 0.1) is 11.4 Å². The lowest BCUT2D eigenvalue weighted by atomic mass is 10.0. The predicted octanol–water partition coefficient (Wildman–Crippen LogP) is 1.02. The van der Waals surface area contributed by atoms with E-state index >= 15 is 0 Å². The van der Waals surface area contributed by atoms with Crippen molar-refractivity contribution in [1.82, 2.24) is 10.3 Å². The molecule has 2 amide bonds. The zero-order valence-corrected chi connectivity index (χ0v) is 11.1. The van der Waals surface area contributed by atoms with Crippen molar-refractivity contribution in [3.63, 3.8) is 0 Å². The Labute approximate surface area is 112 Å². The first-order valence-electron chi connectivity index (χ1n) is 6.64. The molecule has 2 atom stereocenters. The first kappa shape index (κ1) is 12.1. The number of hydrogen-bond acceptors (Lipinski definition) is 3. The number of amides is 2. The van der Waals surface area contributed by atoms with Crippen molar-refractivity contribution in [2.75, 3.05) is 4.90 Å². The molecular formula is C14H17N3O2. The van der Waals surface area contributed by atoms with Gasteiger partial charge in [-0.2, -0.15) is 0 Å². The molecule has 5 heteroatoms. The van der Waals surface area contributed by atoms with Crippen molar-refractivity contribution in [3.8, 4) is 0 Å². The third-order valence-electron chi connectivity index (χ3n) is 3.90. The van der Waals surface area contributed by atoms with Crippen molar-refractivity contribution >= 4 is 17.5 Å². The summed E-state index contributed by atoms with van der Waals surface area (Å²) in [5, 5.41) is 2.85. The molecule has 1 aliphatic heterocycles. The van der Waals surface area contributed by atoms with Crippen LogP contribution in [0.4, 0.5) is 5.69 Å². The van der Waals surface area contributed by atoms with Crippen LogP contribution in [0.25, 0.3) is 0 Å². The van der Waals surface area contributed by atoms with Crippen molar-refractivity contribution < 1.29 is 9.59 Å². The van der Waals surface area contributed by atoms with E-state index in [9.17, 15) is 9.59 Å². The van der Waals surface area contributed by atoms with Crippen LogP contribution in [-0.2, 0) is 9.59 Å². The molecule has 0 bridgehead atoms. The fraction of sp³-hybridized carbons (Fsp3) is 0.500. The Morgan fingerprint density at radius 2 is 2.11 bits per heavy atom. The maximum absolute atomic E-state index is 12.6. The van der Waals surface area contributed by atoms with Crippen LogP contribution in [0, 0.1) is 12.8 Å². The molecule has 2 fully saturated rings. The van der Waals surface area contributed by atoms with Gasteiger partial charge in [0.25, 0.3) is 5.91 Å². The van der Waals surface area contributed by atoms with E-state index in [1.807, 2.05) is 13.0 Å². The number of nitrogens with zero attached hydrogens (tertiary/aromatic N) is 2. The van der Waals surface area contributed by atoms with E-state index in [1.54, 1.807) is 24.1 Å². The van der Waals surface area contributed by atoms with Crippen molar-refractivity contribution in [3.05, 3.63) is 24.0 Å². The van der Waals surface area contributed by atoms with Gasteiger partial charge in [-0.05, 0) is 44.7 Å². The monoisotopic (exact) mass is 259 g/mol. The summed E-state index contributed by atoms with van der Waals surface area (Å²) in [6.45, 7) is 3.61. The number of anilines is 1. The minimum Gasteiger partial charge on any atom is -0.342 e. The molecule has 19 heavy (non-hydrogen) atoms. The highest BCUT2D eigenvalue weighted by Crippen LogP contribution is 2.36. The van der Waals surface area contributed by atoms with Crippen LogP contribution in [0.2, 0.25) is 0 Å². The maximum Gasteiger partial charge on any atom is 0.250 e. The highest BCUT2D eigenvalue weighted by molar-refractivity contribution is 6.08. The number of piperazine rings is 1. The van der Waals surface area contributed by atoms with Crippen LogP contribution in [0.1, 0.15) is 25.5 Å². The van der Waals surface area contributed by atoms with Gasteiger partial charge in [0.1, 0.15) is 12.1 Å². The van der Waals surface area contributed by atoms with E-state index in [0.29, 0.717) is 5.92 Å². The molecule has 3 rings (SSSR count). The quantitative estimate of drug-likeness (QED) is 0.862. The maximum atomic E-state index is 12.6. The summed E-state index contributed by atoms with van der Waals surface area (Å²) in [5.74, 6) is 0.217. The van der Waals surface area contributed by atoms with Gasteiger partial charge >= 0.3 is 0 Å². The number of carbonyl (C=O) groups is 2. The van der Waals surface area contributed by atoms with Crippen LogP contribution in [0.5, 0.6) is 0 Å². The second-order valence-electron chi connectivity index (χ2n) is 5.32. The van der Waals surface area contributed by atoms with Crippen LogP contribution < -0.4 is 10.2 Å². The average Bonchev–Trinajstić information content (AvgIpc) is 3.20. The fourth-order valence-corrected chi connectivity index (χ4v) is 2.60. The lowest BCUT2D eigenvalue weighted by molar-refractivity contribution is -0.134. The Morgan fingerprint density at radius 1 is 1.37 bits per heavy atom. The van der Waals surface area contributed by atoms with Gasteiger partial charge < -0.3 is 5.32 Å². The van der Waals surface area contributed by atoms with Crippen LogP contribution in [-0.4, -0.2) is 28.9 Å². The number of nitrogens with one attached hydrogen (secondary N) is 1. The highest BCUT2D eigenvalue weighted by Gasteiger charge is 2.46. The zero-order valence-electron chi connectivity index (χ0n) is 11.1. The SMILES string of the molecule is Cc1ncccc1N1C(=O)C(C2CC2)NC(=O)C1C. The first-order valence-corrected chi connectivity index (χ1v) is 6.64. The lowest BCUT2D eigenvalue weighted by Gasteiger charge is -2.37. The number of rotatable bonds is 2. The molecule has 1 saturated carbocycles. The topological polar surface area (TPSA) is 62.3 Å². The summed E-state index contributed by atoms with van der Waals surface area (Å²) >= 11 is 0. The summed E-state index contributed by atoms with van der Waals surface area (Å²) in [7, 11) is 0. The second-order valence-corrected chi connectivity index (χ2v) is 5.32. The van der Waals surface area contributed by atoms with Gasteiger partial charge in [0, 0.05) is 6.20 Å². The minimum atomic E-state index is -0.481. The molecule has 0 aromatic carbocycles. The van der Waals surface area contributed by atoms with Crippen LogP contribution >= 0.6 is 0 Å². The normalized spacial score (nSPS) is 27.4. The van der Waals surface area contributed by atoms with Crippen LogP contribution in [0.15, 0.2) is 18.3 Å². The Kier molecular flexibility index (Phi) is 2.77. The molecule has 1 aromatic rings. The molecule has 0 radical (unpaired) electrons. The third-order valence-corrected chi connectivity index (χ3v) is 3.90. The van der Waals surface area contributed by atoms with E-state index in [2.05, 4.69) is 10.3 Å². The molecule has 0 spiro atoms. The summed E-state index contributed by atoms with van der Waals surface area (Å²) in [4.78, 5) is 30.5. The molecule has 5 nitrogen and oxygen atoms in total. The molecular weight excluding hydrogens is 242 g/mol. The number of aryl methyl sites for hydroxylation is 1. The number of hydrogen-bond donors (Lipinski definition) is 1. The van der Waals surface area contributed by atoms with Gasteiger partial charge in [-0.3, -0.25) is 19.5 Å². The van der Waals surface area contributed by atoms with Gasteiger partial charge in [-0.25, -0.2) is 0 Å². The van der Waals surface area contributed by atoms with Gasteiger partial charge in [-0.1, -0.05) is 0 Å². The van der Waals surface area contributed by atoms with Crippen molar-refractivity contribution in [1.29, 1.82) is 0 Å². The number of pyridine rings is 1. The van der Waals surface area contributed by atoms with Crippen molar-refractivity contribution in [2.24, 2.45) is 5.92 Å². The summed E-state index contributed by atoms with van der Waals surface area (Å²) < 4.78 is 0. The van der Waals surface area contributed by atoms with E-state index in [0.717, 1.165) is 24.2 Å². The van der Waals surface area contributed by atoms with Gasteiger partial charge in [0.15, 0.2) is 0 Å². The standard InChI is InChI=1S/C14H17N3O2/c1-8-11(4-3-7-15-8)17-9(2)13(18)16-12(14(17)19)10-5-6-10/h3-4,7,9-10,12H,5-6H2,1-2H3,(H,16,18). The minimum absolute atomic E-state index is 0.00861. The molecule has 1 aliphatic carbocycles. The Bertz CT molecular complexity index is 539. The molecule has 2 heterocycles. The molecule has 1 saturated heterocycles. The molecule has 100 valence electrons. The fourth-order valence-electron chi connectivity index (χ4n) is 2.60.